The fraction of sp³-hybridized carbons (Fsp3) is 0. The quantitative estimate of drug-likeness (QED) is 0.160. The lowest BCUT2D eigenvalue weighted by molar-refractivity contribution is 0.584. The number of rotatable bonds is 7. The Balaban J connectivity index is 1.11. The second-order valence-electron chi connectivity index (χ2n) is 16.4. The van der Waals surface area contributed by atoms with Crippen LogP contribution >= 0.6 is 0 Å². The molecule has 0 aliphatic carbocycles. The number of nitrogens with zero attached hydrogens (tertiary/aromatic N) is 5. The number of benzene rings is 8. The van der Waals surface area contributed by atoms with Crippen molar-refractivity contribution in [1.82, 2.24) is 19.1 Å². The molecule has 0 saturated heterocycles. The standard InChI is InChI=1S/C59H35F2N5/c60-43-29-41(30-44(61)34-43)47-35-59(66-55-24-10-8-18-46(55)49-32-40(26-28-57(49)66)53-22-12-20-51(64-53)38-15-5-2-6-16-38)58(33-42(47)36-62)65-54-23-9-7-17-45(54)48-31-39(25-27-56(48)65)52-21-11-19-50(63-52)37-13-3-1-4-14-37/h1-35H. The summed E-state index contributed by atoms with van der Waals surface area (Å²) < 4.78 is 34.4. The van der Waals surface area contributed by atoms with Crippen molar-refractivity contribution in [3.8, 4) is 73.6 Å². The molecular weight excluding hydrogens is 817 g/mol. The van der Waals surface area contributed by atoms with E-state index >= 15 is 8.78 Å². The first-order valence-electron chi connectivity index (χ1n) is 21.7. The highest BCUT2D eigenvalue weighted by molar-refractivity contribution is 6.13. The molecule has 66 heavy (non-hydrogen) atoms. The van der Waals surface area contributed by atoms with Crippen molar-refractivity contribution in [2.75, 3.05) is 0 Å². The number of halogens is 2. The van der Waals surface area contributed by atoms with Gasteiger partial charge in [-0.1, -0.05) is 121 Å². The lowest BCUT2D eigenvalue weighted by Crippen LogP contribution is -2.05. The summed E-state index contributed by atoms with van der Waals surface area (Å²) >= 11 is 0. The molecule has 7 heteroatoms. The summed E-state index contributed by atoms with van der Waals surface area (Å²) in [7, 11) is 0. The maximum Gasteiger partial charge on any atom is 0.126 e. The minimum atomic E-state index is -0.726. The fourth-order valence-electron chi connectivity index (χ4n) is 9.49. The molecule has 0 unspecified atom stereocenters. The molecule has 0 spiro atoms. The van der Waals surface area contributed by atoms with E-state index in [0.717, 1.165) is 106 Å². The minimum Gasteiger partial charge on any atom is -0.307 e. The molecule has 0 aliphatic heterocycles. The van der Waals surface area contributed by atoms with Gasteiger partial charge >= 0.3 is 0 Å². The molecule has 0 bridgehead atoms. The largest absolute Gasteiger partial charge is 0.307 e. The van der Waals surface area contributed by atoms with E-state index in [9.17, 15) is 5.26 Å². The Morgan fingerprint density at radius 3 is 1.26 bits per heavy atom. The molecule has 8 aromatic carbocycles. The predicted octanol–water partition coefficient (Wildman–Crippen LogP) is 15.2. The van der Waals surface area contributed by atoms with Crippen molar-refractivity contribution < 1.29 is 8.78 Å². The number of aromatic nitrogens is 4. The van der Waals surface area contributed by atoms with Crippen LogP contribution in [-0.4, -0.2) is 19.1 Å². The van der Waals surface area contributed by atoms with E-state index in [1.54, 1.807) is 0 Å². The molecule has 0 fully saturated rings. The van der Waals surface area contributed by atoms with Crippen LogP contribution in [-0.2, 0) is 0 Å². The number of nitriles is 1. The molecule has 4 aromatic heterocycles. The molecule has 0 saturated carbocycles. The zero-order chi connectivity index (χ0) is 44.3. The SMILES string of the molecule is N#Cc1cc(-n2c3ccccc3c3cc(-c4cccc(-c5ccccc5)n4)ccc32)c(-n2c3ccccc3c3cc(-c4cccc(-c5ccccc5)n4)ccc32)cc1-c1cc(F)cc(F)c1. The fourth-order valence-corrected chi connectivity index (χ4v) is 9.49. The van der Waals surface area contributed by atoms with Crippen LogP contribution < -0.4 is 0 Å². The molecular formula is C59H35F2N5. The molecule has 310 valence electrons. The smallest absolute Gasteiger partial charge is 0.126 e. The van der Waals surface area contributed by atoms with Gasteiger partial charge in [0, 0.05) is 55.4 Å². The van der Waals surface area contributed by atoms with E-state index in [1.165, 1.54) is 12.1 Å². The summed E-state index contributed by atoms with van der Waals surface area (Å²) in [6, 6.07) is 71.3. The van der Waals surface area contributed by atoms with Crippen LogP contribution in [0.25, 0.3) is 111 Å². The molecule has 0 N–H and O–H groups in total. The maximum atomic E-state index is 15.0. The Labute approximate surface area is 378 Å². The van der Waals surface area contributed by atoms with Crippen molar-refractivity contribution >= 4 is 43.6 Å². The van der Waals surface area contributed by atoms with Crippen molar-refractivity contribution in [2.24, 2.45) is 0 Å². The average molecular weight is 852 g/mol. The van der Waals surface area contributed by atoms with Gasteiger partial charge in [-0.25, -0.2) is 18.7 Å². The molecule has 0 amide bonds. The Kier molecular flexibility index (Phi) is 9.18. The molecule has 0 aliphatic rings. The summed E-state index contributed by atoms with van der Waals surface area (Å²) in [5, 5.41) is 14.9. The van der Waals surface area contributed by atoms with Gasteiger partial charge in [-0.05, 0) is 90.5 Å². The Bertz CT molecular complexity index is 3900. The summed E-state index contributed by atoms with van der Waals surface area (Å²) in [5.41, 5.74) is 13.5. The Morgan fingerprint density at radius 2 is 0.773 bits per heavy atom. The van der Waals surface area contributed by atoms with Crippen LogP contribution in [0.5, 0.6) is 0 Å². The molecule has 5 nitrogen and oxygen atoms in total. The van der Waals surface area contributed by atoms with Crippen LogP contribution in [0, 0.1) is 23.0 Å². The first kappa shape index (κ1) is 38.7. The van der Waals surface area contributed by atoms with Gasteiger partial charge in [0.15, 0.2) is 0 Å². The van der Waals surface area contributed by atoms with Gasteiger partial charge in [-0.15, -0.1) is 0 Å². The van der Waals surface area contributed by atoms with Gasteiger partial charge < -0.3 is 9.13 Å². The van der Waals surface area contributed by atoms with E-state index in [0.29, 0.717) is 5.56 Å². The molecule has 12 rings (SSSR count). The van der Waals surface area contributed by atoms with Gasteiger partial charge in [-0.2, -0.15) is 5.26 Å². The zero-order valence-electron chi connectivity index (χ0n) is 35.2. The minimum absolute atomic E-state index is 0.265. The normalized spacial score (nSPS) is 11.5. The van der Waals surface area contributed by atoms with E-state index in [1.807, 2.05) is 109 Å². The van der Waals surface area contributed by atoms with Crippen molar-refractivity contribution in [3.05, 3.63) is 230 Å². The van der Waals surface area contributed by atoms with Crippen molar-refractivity contribution in [3.63, 3.8) is 0 Å². The maximum absolute atomic E-state index is 15.0. The highest BCUT2D eigenvalue weighted by atomic mass is 19.1. The topological polar surface area (TPSA) is 59.4 Å². The van der Waals surface area contributed by atoms with E-state index in [2.05, 4.69) is 100 Å². The van der Waals surface area contributed by atoms with Crippen LogP contribution in [0.15, 0.2) is 212 Å². The third-order valence-electron chi connectivity index (χ3n) is 12.5. The van der Waals surface area contributed by atoms with Gasteiger partial charge in [0.1, 0.15) is 11.6 Å². The predicted molar refractivity (Wildman–Crippen MR) is 263 cm³/mol. The van der Waals surface area contributed by atoms with Crippen LogP contribution in [0.2, 0.25) is 0 Å². The van der Waals surface area contributed by atoms with Gasteiger partial charge in [0.05, 0.1) is 67.8 Å². The lowest BCUT2D eigenvalue weighted by Gasteiger charge is -2.19. The van der Waals surface area contributed by atoms with Crippen molar-refractivity contribution in [2.45, 2.75) is 0 Å². The highest BCUT2D eigenvalue weighted by Gasteiger charge is 2.23. The zero-order valence-corrected chi connectivity index (χ0v) is 35.2. The first-order chi connectivity index (χ1) is 32.5. The number of para-hydroxylation sites is 2. The van der Waals surface area contributed by atoms with Gasteiger partial charge in [0.2, 0.25) is 0 Å². The van der Waals surface area contributed by atoms with Crippen LogP contribution in [0.3, 0.4) is 0 Å². The van der Waals surface area contributed by atoms with Crippen LogP contribution in [0.4, 0.5) is 8.78 Å². The first-order valence-corrected chi connectivity index (χ1v) is 21.7. The highest BCUT2D eigenvalue weighted by Crippen LogP contribution is 2.42. The summed E-state index contributed by atoms with van der Waals surface area (Å²) in [5.74, 6) is -1.45. The molecule has 12 aromatic rings. The third kappa shape index (κ3) is 6.51. The number of hydrogen-bond acceptors (Lipinski definition) is 3. The Hall–Kier alpha value is -8.99. The summed E-state index contributed by atoms with van der Waals surface area (Å²) in [4.78, 5) is 10.2. The number of fused-ring (bicyclic) bond motifs is 6. The number of pyridine rings is 2. The lowest BCUT2D eigenvalue weighted by atomic mass is 9.97. The van der Waals surface area contributed by atoms with E-state index < -0.39 is 11.6 Å². The van der Waals surface area contributed by atoms with Gasteiger partial charge in [-0.3, -0.25) is 0 Å². The molecule has 4 heterocycles. The number of hydrogen-bond donors (Lipinski definition) is 0. The van der Waals surface area contributed by atoms with Crippen LogP contribution in [0.1, 0.15) is 5.56 Å². The molecule has 0 atom stereocenters. The van der Waals surface area contributed by atoms with E-state index in [4.69, 9.17) is 9.97 Å². The monoisotopic (exact) mass is 851 g/mol. The Morgan fingerprint density at radius 1 is 0.348 bits per heavy atom. The third-order valence-corrected chi connectivity index (χ3v) is 12.5. The average Bonchev–Trinajstić information content (AvgIpc) is 3.88. The second-order valence-corrected chi connectivity index (χ2v) is 16.4. The van der Waals surface area contributed by atoms with Gasteiger partial charge in [0.25, 0.3) is 0 Å². The van der Waals surface area contributed by atoms with Crippen molar-refractivity contribution in [1.29, 1.82) is 5.26 Å². The van der Waals surface area contributed by atoms with E-state index in [-0.39, 0.29) is 11.1 Å². The summed E-state index contributed by atoms with van der Waals surface area (Å²) in [6.45, 7) is 0. The molecule has 0 radical (unpaired) electrons. The summed E-state index contributed by atoms with van der Waals surface area (Å²) in [6.07, 6.45) is 0. The second kappa shape index (κ2) is 15.7.